The number of carbonyl (C=O) groups excluding carboxylic acids is 1. The zero-order valence-corrected chi connectivity index (χ0v) is 22.3. The number of aryl methyl sites for hydroxylation is 2. The van der Waals surface area contributed by atoms with E-state index in [0.717, 1.165) is 40.4 Å². The minimum atomic E-state index is -0.312. The number of ether oxygens (including phenoxy) is 1. The Morgan fingerprint density at radius 1 is 1.00 bits per heavy atom. The van der Waals surface area contributed by atoms with Gasteiger partial charge >= 0.3 is 6.03 Å². The number of hydrogen-bond acceptors (Lipinski definition) is 3. The molecule has 0 bridgehead atoms. The molecular formula is C32H31N5O2. The molecule has 2 aromatic heterocycles. The number of urea groups is 1. The van der Waals surface area contributed by atoms with Gasteiger partial charge in [-0.2, -0.15) is 5.10 Å². The number of benzene rings is 3. The molecule has 0 saturated heterocycles. The van der Waals surface area contributed by atoms with Crippen LogP contribution >= 0.6 is 0 Å². The van der Waals surface area contributed by atoms with E-state index in [2.05, 4.69) is 65.5 Å². The zero-order chi connectivity index (χ0) is 26.9. The molecule has 0 radical (unpaired) electrons. The number of rotatable bonds is 5. The highest BCUT2D eigenvalue weighted by Gasteiger charge is 2.36. The number of para-hydroxylation sites is 1. The standard InChI is InChI=1S/C32H31N5O2/c1-4-23-15-17-24(18-16-23)30-29-14-9-19-35(29)31-28(22(2)34-37(31)26-11-6-5-7-12-26)21-36(30)32(38)33-25-10-8-13-27(20-25)39-3/h5-20,30H,4,21H2,1-3H3,(H,33,38)/t30-/m0/s1. The van der Waals surface area contributed by atoms with Crippen LogP contribution in [0.1, 0.15) is 41.0 Å². The smallest absolute Gasteiger partial charge is 0.322 e. The summed E-state index contributed by atoms with van der Waals surface area (Å²) >= 11 is 0. The second-order valence-electron chi connectivity index (χ2n) is 9.73. The molecule has 7 nitrogen and oxygen atoms in total. The molecule has 0 fully saturated rings. The van der Waals surface area contributed by atoms with E-state index in [0.29, 0.717) is 18.0 Å². The zero-order valence-electron chi connectivity index (χ0n) is 22.3. The third-order valence-corrected chi connectivity index (χ3v) is 7.37. The Hall–Kier alpha value is -4.78. The number of aromatic nitrogens is 3. The number of hydrogen-bond donors (Lipinski definition) is 1. The van der Waals surface area contributed by atoms with Crippen LogP contribution in [0.2, 0.25) is 0 Å². The summed E-state index contributed by atoms with van der Waals surface area (Å²) in [4.78, 5) is 16.0. The molecule has 2 amide bonds. The molecule has 7 heteroatoms. The van der Waals surface area contributed by atoms with Crippen molar-refractivity contribution < 1.29 is 9.53 Å². The lowest BCUT2D eigenvalue weighted by atomic mass is 9.99. The summed E-state index contributed by atoms with van der Waals surface area (Å²) in [6, 6.07) is 29.8. The Morgan fingerprint density at radius 2 is 1.79 bits per heavy atom. The quantitative estimate of drug-likeness (QED) is 0.283. The fraction of sp³-hybridized carbons (Fsp3) is 0.188. The minimum absolute atomic E-state index is 0.194. The number of amides is 2. The lowest BCUT2D eigenvalue weighted by Crippen LogP contribution is -2.38. The molecule has 3 heterocycles. The summed E-state index contributed by atoms with van der Waals surface area (Å²) < 4.78 is 9.54. The first-order valence-corrected chi connectivity index (χ1v) is 13.2. The second kappa shape index (κ2) is 10.2. The summed E-state index contributed by atoms with van der Waals surface area (Å²) in [5, 5.41) is 8.04. The Labute approximate surface area is 228 Å². The predicted octanol–water partition coefficient (Wildman–Crippen LogP) is 6.68. The molecule has 0 saturated carbocycles. The van der Waals surface area contributed by atoms with Gasteiger partial charge < -0.3 is 19.5 Å². The molecule has 6 rings (SSSR count). The van der Waals surface area contributed by atoms with E-state index < -0.39 is 0 Å². The molecule has 0 spiro atoms. The Morgan fingerprint density at radius 3 is 2.54 bits per heavy atom. The Bertz CT molecular complexity index is 1620. The molecule has 39 heavy (non-hydrogen) atoms. The molecule has 0 unspecified atom stereocenters. The number of fused-ring (bicyclic) bond motifs is 3. The highest BCUT2D eigenvalue weighted by atomic mass is 16.5. The van der Waals surface area contributed by atoms with Crippen molar-refractivity contribution in [1.82, 2.24) is 19.2 Å². The van der Waals surface area contributed by atoms with Crippen molar-refractivity contribution in [2.45, 2.75) is 32.9 Å². The highest BCUT2D eigenvalue weighted by molar-refractivity contribution is 5.90. The minimum Gasteiger partial charge on any atom is -0.497 e. The van der Waals surface area contributed by atoms with E-state index in [1.807, 2.05) is 65.0 Å². The molecule has 1 aliphatic rings. The van der Waals surface area contributed by atoms with Crippen molar-refractivity contribution in [1.29, 1.82) is 0 Å². The van der Waals surface area contributed by atoms with Crippen molar-refractivity contribution in [3.05, 3.63) is 125 Å². The van der Waals surface area contributed by atoms with Gasteiger partial charge in [0.2, 0.25) is 0 Å². The van der Waals surface area contributed by atoms with Crippen LogP contribution in [-0.2, 0) is 13.0 Å². The van der Waals surface area contributed by atoms with E-state index in [-0.39, 0.29) is 12.1 Å². The summed E-state index contributed by atoms with van der Waals surface area (Å²) in [6.07, 6.45) is 3.02. The van der Waals surface area contributed by atoms with Gasteiger partial charge in [-0.15, -0.1) is 0 Å². The second-order valence-corrected chi connectivity index (χ2v) is 9.73. The fourth-order valence-corrected chi connectivity index (χ4v) is 5.33. The summed E-state index contributed by atoms with van der Waals surface area (Å²) in [7, 11) is 1.62. The number of nitrogens with one attached hydrogen (secondary N) is 1. The van der Waals surface area contributed by atoms with Crippen LogP contribution in [-0.4, -0.2) is 32.4 Å². The number of carbonyl (C=O) groups is 1. The van der Waals surface area contributed by atoms with Crippen LogP contribution in [0.4, 0.5) is 10.5 Å². The first-order valence-electron chi connectivity index (χ1n) is 13.2. The fourth-order valence-electron chi connectivity index (χ4n) is 5.33. The van der Waals surface area contributed by atoms with Gasteiger partial charge in [0, 0.05) is 23.5 Å². The molecule has 3 aromatic carbocycles. The molecule has 1 aliphatic heterocycles. The van der Waals surface area contributed by atoms with Crippen molar-refractivity contribution in [3.8, 4) is 17.3 Å². The van der Waals surface area contributed by atoms with Crippen LogP contribution in [0, 0.1) is 6.92 Å². The van der Waals surface area contributed by atoms with Gasteiger partial charge in [-0.3, -0.25) is 0 Å². The summed E-state index contributed by atoms with van der Waals surface area (Å²) in [6.45, 7) is 4.55. The van der Waals surface area contributed by atoms with Gasteiger partial charge in [0.15, 0.2) is 0 Å². The molecular weight excluding hydrogens is 486 g/mol. The SMILES string of the molecule is CCc1ccc([C@H]2c3cccn3-c3c(c(C)nn3-c3ccccc3)CN2C(=O)Nc2cccc(OC)c2)cc1. The van der Waals surface area contributed by atoms with E-state index in [1.165, 1.54) is 5.56 Å². The molecule has 0 aliphatic carbocycles. The number of anilines is 1. The topological polar surface area (TPSA) is 64.3 Å². The van der Waals surface area contributed by atoms with Crippen molar-refractivity contribution in [3.63, 3.8) is 0 Å². The van der Waals surface area contributed by atoms with Gasteiger partial charge in [-0.1, -0.05) is 55.5 Å². The molecule has 1 atom stereocenters. The molecule has 5 aromatic rings. The van der Waals surface area contributed by atoms with Crippen LogP contribution in [0.25, 0.3) is 11.5 Å². The average molecular weight is 518 g/mol. The first-order chi connectivity index (χ1) is 19.1. The van der Waals surface area contributed by atoms with Gasteiger partial charge in [0.1, 0.15) is 11.6 Å². The lowest BCUT2D eigenvalue weighted by Gasteiger charge is -2.31. The first kappa shape index (κ1) is 24.6. The van der Waals surface area contributed by atoms with Gasteiger partial charge in [-0.25, -0.2) is 9.48 Å². The lowest BCUT2D eigenvalue weighted by molar-refractivity contribution is 0.194. The number of methoxy groups -OCH3 is 1. The van der Waals surface area contributed by atoms with Crippen LogP contribution in [0.3, 0.4) is 0 Å². The monoisotopic (exact) mass is 517 g/mol. The largest absolute Gasteiger partial charge is 0.497 e. The highest BCUT2D eigenvalue weighted by Crippen LogP contribution is 2.39. The van der Waals surface area contributed by atoms with Crippen molar-refractivity contribution in [2.24, 2.45) is 0 Å². The van der Waals surface area contributed by atoms with E-state index in [1.54, 1.807) is 7.11 Å². The number of nitrogens with zero attached hydrogens (tertiary/aromatic N) is 4. The maximum absolute atomic E-state index is 14.1. The Kier molecular flexibility index (Phi) is 6.40. The van der Waals surface area contributed by atoms with Crippen LogP contribution in [0.15, 0.2) is 97.2 Å². The third kappa shape index (κ3) is 4.46. The van der Waals surface area contributed by atoms with Crippen LogP contribution in [0.5, 0.6) is 5.75 Å². The maximum Gasteiger partial charge on any atom is 0.322 e. The van der Waals surface area contributed by atoms with E-state index >= 15 is 0 Å². The third-order valence-electron chi connectivity index (χ3n) is 7.37. The molecule has 1 N–H and O–H groups in total. The van der Waals surface area contributed by atoms with Crippen molar-refractivity contribution >= 4 is 11.7 Å². The maximum atomic E-state index is 14.1. The van der Waals surface area contributed by atoms with Crippen LogP contribution < -0.4 is 10.1 Å². The van der Waals surface area contributed by atoms with Gasteiger partial charge in [0.05, 0.1) is 36.8 Å². The van der Waals surface area contributed by atoms with Gasteiger partial charge in [0.25, 0.3) is 0 Å². The normalized spacial score (nSPS) is 14.3. The Balaban J connectivity index is 1.51. The van der Waals surface area contributed by atoms with Gasteiger partial charge in [-0.05, 0) is 60.9 Å². The summed E-state index contributed by atoms with van der Waals surface area (Å²) in [5.74, 6) is 1.64. The van der Waals surface area contributed by atoms with Crippen molar-refractivity contribution in [2.75, 3.05) is 12.4 Å². The molecule has 196 valence electrons. The van der Waals surface area contributed by atoms with E-state index in [9.17, 15) is 4.79 Å². The average Bonchev–Trinajstić information content (AvgIpc) is 3.54. The predicted molar refractivity (Wildman–Crippen MR) is 153 cm³/mol. The van der Waals surface area contributed by atoms with E-state index in [4.69, 9.17) is 9.84 Å². The summed E-state index contributed by atoms with van der Waals surface area (Å²) in [5.41, 5.74) is 6.84.